The first-order chi connectivity index (χ1) is 13.7. The molecule has 6 nitrogen and oxygen atoms in total. The Balaban J connectivity index is 1.88. The van der Waals surface area contributed by atoms with E-state index >= 15 is 0 Å². The number of hydrogen-bond acceptors (Lipinski definition) is 3. The lowest BCUT2D eigenvalue weighted by atomic mass is 9.94. The van der Waals surface area contributed by atoms with Crippen LogP contribution < -0.4 is 5.32 Å². The summed E-state index contributed by atoms with van der Waals surface area (Å²) >= 11 is 6.45. The van der Waals surface area contributed by atoms with E-state index in [-0.39, 0.29) is 17.9 Å². The number of fused-ring (bicyclic) bond motifs is 1. The maximum atomic E-state index is 12.6. The Hall–Kier alpha value is -2.21. The Bertz CT molecular complexity index is 901. The number of benzene rings is 1. The van der Waals surface area contributed by atoms with Crippen molar-refractivity contribution in [3.63, 3.8) is 0 Å². The van der Waals surface area contributed by atoms with E-state index in [0.29, 0.717) is 31.2 Å². The molecule has 7 heteroatoms. The van der Waals surface area contributed by atoms with E-state index in [1.54, 1.807) is 4.90 Å². The lowest BCUT2D eigenvalue weighted by molar-refractivity contribution is -0.118. The summed E-state index contributed by atoms with van der Waals surface area (Å²) in [6.07, 6.45) is 1.65. The molecule has 2 heterocycles. The fraction of sp³-hybridized carbons (Fsp3) is 0.545. The predicted molar refractivity (Wildman–Crippen MR) is 115 cm³/mol. The molecule has 1 N–H and O–H groups in total. The van der Waals surface area contributed by atoms with Crippen LogP contribution in [0.3, 0.4) is 0 Å². The second-order valence-corrected chi connectivity index (χ2v) is 9.05. The summed E-state index contributed by atoms with van der Waals surface area (Å²) < 4.78 is 7.80. The molecule has 2 amide bonds. The summed E-state index contributed by atoms with van der Waals surface area (Å²) in [5.74, 6) is 0.145. The largest absolute Gasteiger partial charge is 0.444 e. The van der Waals surface area contributed by atoms with Crippen molar-refractivity contribution in [1.82, 2.24) is 14.8 Å². The van der Waals surface area contributed by atoms with Gasteiger partial charge in [0.1, 0.15) is 5.60 Å². The van der Waals surface area contributed by atoms with Gasteiger partial charge in [-0.2, -0.15) is 0 Å². The number of hydrogen-bond donors (Lipinski definition) is 1. The highest BCUT2D eigenvalue weighted by molar-refractivity contribution is 6.35. The van der Waals surface area contributed by atoms with E-state index in [2.05, 4.69) is 16.0 Å². The Morgan fingerprint density at radius 1 is 1.31 bits per heavy atom. The van der Waals surface area contributed by atoms with Gasteiger partial charge in [-0.1, -0.05) is 17.7 Å². The molecule has 0 bridgehead atoms. The van der Waals surface area contributed by atoms with Crippen LogP contribution in [0.1, 0.15) is 52.1 Å². The fourth-order valence-electron chi connectivity index (χ4n) is 3.91. The van der Waals surface area contributed by atoms with E-state index in [1.165, 1.54) is 6.92 Å². The summed E-state index contributed by atoms with van der Waals surface area (Å²) in [6.45, 7) is 9.69. The van der Waals surface area contributed by atoms with Crippen molar-refractivity contribution in [2.24, 2.45) is 0 Å². The molecule has 1 fully saturated rings. The van der Waals surface area contributed by atoms with Crippen LogP contribution in [0.15, 0.2) is 24.3 Å². The van der Waals surface area contributed by atoms with E-state index in [0.717, 1.165) is 29.4 Å². The molecule has 1 aromatic heterocycles. The SMILES string of the molecule is CC(=O)NCCn1c(C2CCCN(C(=O)OC(C)(C)C)C2)cc2c(Cl)cccc21. The smallest absolute Gasteiger partial charge is 0.410 e. The lowest BCUT2D eigenvalue weighted by Gasteiger charge is -2.34. The van der Waals surface area contributed by atoms with Crippen LogP contribution in [0.5, 0.6) is 0 Å². The summed E-state index contributed by atoms with van der Waals surface area (Å²) in [5.41, 5.74) is 1.68. The Morgan fingerprint density at radius 3 is 2.76 bits per heavy atom. The van der Waals surface area contributed by atoms with Gasteiger partial charge in [0.15, 0.2) is 0 Å². The molecule has 1 unspecified atom stereocenters. The van der Waals surface area contributed by atoms with Crippen molar-refractivity contribution in [2.75, 3.05) is 19.6 Å². The van der Waals surface area contributed by atoms with Crippen LogP contribution in [0.4, 0.5) is 4.79 Å². The van der Waals surface area contributed by atoms with Gasteiger partial charge in [-0.3, -0.25) is 4.79 Å². The fourth-order valence-corrected chi connectivity index (χ4v) is 4.14. The lowest BCUT2D eigenvalue weighted by Crippen LogP contribution is -2.42. The van der Waals surface area contributed by atoms with E-state index < -0.39 is 5.60 Å². The van der Waals surface area contributed by atoms with Crippen molar-refractivity contribution in [3.05, 3.63) is 35.0 Å². The number of nitrogens with zero attached hydrogens (tertiary/aromatic N) is 2. The third kappa shape index (κ3) is 5.24. The summed E-state index contributed by atoms with van der Waals surface area (Å²) in [6, 6.07) is 8.01. The molecular formula is C22H30ClN3O3. The second kappa shape index (κ2) is 8.66. The molecule has 1 aliphatic heterocycles. The van der Waals surface area contributed by atoms with Gasteiger partial charge in [-0.05, 0) is 51.8 Å². The van der Waals surface area contributed by atoms with Gasteiger partial charge >= 0.3 is 6.09 Å². The first kappa shape index (κ1) is 21.5. The van der Waals surface area contributed by atoms with E-state index in [4.69, 9.17) is 16.3 Å². The second-order valence-electron chi connectivity index (χ2n) is 8.64. The normalized spacial score (nSPS) is 17.4. The summed E-state index contributed by atoms with van der Waals surface area (Å²) in [4.78, 5) is 25.7. The number of aromatic nitrogens is 1. The first-order valence-corrected chi connectivity index (χ1v) is 10.5. The van der Waals surface area contributed by atoms with Gasteiger partial charge in [-0.15, -0.1) is 0 Å². The minimum absolute atomic E-state index is 0.0465. The van der Waals surface area contributed by atoms with Crippen LogP contribution in [0.25, 0.3) is 10.9 Å². The van der Waals surface area contributed by atoms with Crippen molar-refractivity contribution in [2.45, 2.75) is 58.6 Å². The van der Waals surface area contributed by atoms with Crippen molar-refractivity contribution in [1.29, 1.82) is 0 Å². The molecule has 158 valence electrons. The summed E-state index contributed by atoms with van der Waals surface area (Å²) in [7, 11) is 0. The highest BCUT2D eigenvalue weighted by Gasteiger charge is 2.30. The molecule has 1 saturated heterocycles. The van der Waals surface area contributed by atoms with E-state index in [9.17, 15) is 9.59 Å². The number of halogens is 1. The number of carbonyl (C=O) groups is 2. The standard InChI is InChI=1S/C22H30ClN3O3/c1-15(27)24-10-12-26-19-9-5-8-18(23)17(19)13-20(26)16-7-6-11-25(14-16)21(28)29-22(2,3)4/h5,8-9,13,16H,6-7,10-12,14H2,1-4H3,(H,24,27). The molecule has 0 spiro atoms. The third-order valence-electron chi connectivity index (χ3n) is 5.13. The molecule has 1 aliphatic rings. The zero-order chi connectivity index (χ0) is 21.2. The van der Waals surface area contributed by atoms with Gasteiger partial charge in [0.25, 0.3) is 0 Å². The van der Waals surface area contributed by atoms with Gasteiger partial charge in [0.05, 0.1) is 0 Å². The zero-order valence-corrected chi connectivity index (χ0v) is 18.4. The van der Waals surface area contributed by atoms with Gasteiger partial charge in [0, 0.05) is 60.6 Å². The number of nitrogens with one attached hydrogen (secondary N) is 1. The highest BCUT2D eigenvalue weighted by atomic mass is 35.5. The number of amides is 2. The van der Waals surface area contributed by atoms with Crippen molar-refractivity contribution < 1.29 is 14.3 Å². The minimum Gasteiger partial charge on any atom is -0.444 e. The number of rotatable bonds is 4. The molecule has 0 saturated carbocycles. The van der Waals surface area contributed by atoms with Crippen LogP contribution in [-0.4, -0.2) is 46.7 Å². The molecule has 1 aromatic carbocycles. The first-order valence-electron chi connectivity index (χ1n) is 10.2. The molecule has 3 rings (SSSR count). The molecular weight excluding hydrogens is 390 g/mol. The topological polar surface area (TPSA) is 63.6 Å². The quantitative estimate of drug-likeness (QED) is 0.790. The van der Waals surface area contributed by atoms with Crippen LogP contribution in [0, 0.1) is 0 Å². The molecule has 0 radical (unpaired) electrons. The van der Waals surface area contributed by atoms with E-state index in [1.807, 2.05) is 39.0 Å². The minimum atomic E-state index is -0.509. The molecule has 2 aromatic rings. The van der Waals surface area contributed by atoms with Crippen LogP contribution in [-0.2, 0) is 16.1 Å². The predicted octanol–water partition coefficient (Wildman–Crippen LogP) is 4.55. The number of carbonyl (C=O) groups excluding carboxylic acids is 2. The van der Waals surface area contributed by atoms with Gasteiger partial charge in [-0.25, -0.2) is 4.79 Å². The monoisotopic (exact) mass is 419 g/mol. The zero-order valence-electron chi connectivity index (χ0n) is 17.6. The van der Waals surface area contributed by atoms with Crippen LogP contribution >= 0.6 is 11.6 Å². The Morgan fingerprint density at radius 2 is 2.07 bits per heavy atom. The Kier molecular flexibility index (Phi) is 6.42. The average Bonchev–Trinajstić information content (AvgIpc) is 3.00. The maximum absolute atomic E-state index is 12.6. The molecule has 1 atom stereocenters. The molecule has 29 heavy (non-hydrogen) atoms. The maximum Gasteiger partial charge on any atom is 0.410 e. The highest BCUT2D eigenvalue weighted by Crippen LogP contribution is 2.34. The van der Waals surface area contributed by atoms with Gasteiger partial charge < -0.3 is 19.5 Å². The van der Waals surface area contributed by atoms with Gasteiger partial charge in [0.2, 0.25) is 5.91 Å². The number of likely N-dealkylation sites (tertiary alicyclic amines) is 1. The van der Waals surface area contributed by atoms with Crippen molar-refractivity contribution in [3.8, 4) is 0 Å². The average molecular weight is 420 g/mol. The van der Waals surface area contributed by atoms with Crippen LogP contribution in [0.2, 0.25) is 5.02 Å². The summed E-state index contributed by atoms with van der Waals surface area (Å²) in [5, 5.41) is 4.58. The number of piperidine rings is 1. The van der Waals surface area contributed by atoms with Crippen molar-refractivity contribution >= 4 is 34.5 Å². The number of ether oxygens (including phenoxy) is 1. The Labute approximate surface area is 177 Å². The molecule has 0 aliphatic carbocycles. The third-order valence-corrected chi connectivity index (χ3v) is 5.45.